The van der Waals surface area contributed by atoms with Gasteiger partial charge in [0.1, 0.15) is 0 Å². The molecule has 3 N–H and O–H groups in total. The fraction of sp³-hybridized carbons (Fsp3) is 0.125. The minimum atomic E-state index is -0.539. The van der Waals surface area contributed by atoms with Crippen LogP contribution in [0.4, 0.5) is 0 Å². The molecule has 0 bridgehead atoms. The van der Waals surface area contributed by atoms with Gasteiger partial charge in [0.15, 0.2) is 0 Å². The topological polar surface area (TPSA) is 100 Å². The van der Waals surface area contributed by atoms with Crippen LogP contribution in [0.15, 0.2) is 48.8 Å². The quantitative estimate of drug-likeness (QED) is 0.719. The van der Waals surface area contributed by atoms with E-state index in [1.54, 1.807) is 30.3 Å². The van der Waals surface area contributed by atoms with Crippen molar-refractivity contribution in [3.05, 3.63) is 65.5 Å². The van der Waals surface area contributed by atoms with E-state index in [1.165, 1.54) is 12.4 Å². The highest BCUT2D eigenvalue weighted by atomic mass is 16.2. The van der Waals surface area contributed by atoms with E-state index in [0.717, 1.165) is 5.56 Å². The van der Waals surface area contributed by atoms with Gasteiger partial charge in [0, 0.05) is 18.0 Å². The lowest BCUT2D eigenvalue weighted by Crippen LogP contribution is -2.46. The van der Waals surface area contributed by atoms with Crippen LogP contribution >= 0.6 is 0 Å². The van der Waals surface area contributed by atoms with Crippen molar-refractivity contribution in [1.29, 1.82) is 0 Å². The minimum Gasteiger partial charge on any atom is -0.343 e. The second-order valence-corrected chi connectivity index (χ2v) is 4.80. The van der Waals surface area contributed by atoms with E-state index < -0.39 is 11.8 Å². The van der Waals surface area contributed by atoms with Crippen molar-refractivity contribution < 1.29 is 14.4 Å². The van der Waals surface area contributed by atoms with Crippen molar-refractivity contribution in [3.8, 4) is 0 Å². The summed E-state index contributed by atoms with van der Waals surface area (Å²) in [6, 6.07) is 10.2. The summed E-state index contributed by atoms with van der Waals surface area (Å²) >= 11 is 0. The molecule has 7 heteroatoms. The third-order valence-electron chi connectivity index (χ3n) is 2.93. The normalized spacial score (nSPS) is 9.78. The largest absolute Gasteiger partial charge is 0.343 e. The van der Waals surface area contributed by atoms with Crippen molar-refractivity contribution >= 4 is 17.7 Å². The number of pyridine rings is 1. The van der Waals surface area contributed by atoms with E-state index in [4.69, 9.17) is 0 Å². The first-order valence-corrected chi connectivity index (χ1v) is 6.90. The lowest BCUT2D eigenvalue weighted by Gasteiger charge is -2.08. The summed E-state index contributed by atoms with van der Waals surface area (Å²) in [7, 11) is 0. The number of aryl methyl sites for hydroxylation is 1. The third kappa shape index (κ3) is 4.92. The number of carbonyl (C=O) groups excluding carboxylic acids is 3. The van der Waals surface area contributed by atoms with Gasteiger partial charge in [-0.1, -0.05) is 17.7 Å². The highest BCUT2D eigenvalue weighted by molar-refractivity contribution is 5.98. The highest BCUT2D eigenvalue weighted by Crippen LogP contribution is 2.03. The Labute approximate surface area is 133 Å². The van der Waals surface area contributed by atoms with Crippen molar-refractivity contribution in [3.63, 3.8) is 0 Å². The first kappa shape index (κ1) is 16.2. The van der Waals surface area contributed by atoms with Crippen molar-refractivity contribution in [1.82, 2.24) is 21.2 Å². The number of rotatable bonds is 4. The van der Waals surface area contributed by atoms with Gasteiger partial charge in [-0.05, 0) is 31.2 Å². The van der Waals surface area contributed by atoms with Crippen LogP contribution in [0.1, 0.15) is 26.3 Å². The molecular weight excluding hydrogens is 296 g/mol. The Bertz CT molecular complexity index is 716. The number of aromatic nitrogens is 1. The minimum absolute atomic E-state index is 0.250. The molecule has 0 aliphatic carbocycles. The van der Waals surface area contributed by atoms with E-state index in [1.807, 2.05) is 13.0 Å². The summed E-state index contributed by atoms with van der Waals surface area (Å²) in [5.41, 5.74) is 6.20. The zero-order valence-corrected chi connectivity index (χ0v) is 12.5. The molecule has 0 aliphatic rings. The predicted molar refractivity (Wildman–Crippen MR) is 83.4 cm³/mol. The van der Waals surface area contributed by atoms with E-state index in [2.05, 4.69) is 21.2 Å². The number of carbonyl (C=O) groups is 3. The fourth-order valence-corrected chi connectivity index (χ4v) is 1.79. The Kier molecular flexibility index (Phi) is 5.40. The summed E-state index contributed by atoms with van der Waals surface area (Å²) < 4.78 is 0. The summed E-state index contributed by atoms with van der Waals surface area (Å²) in [5, 5.41) is 2.47. The maximum Gasteiger partial charge on any atom is 0.271 e. The molecule has 0 fully saturated rings. The van der Waals surface area contributed by atoms with E-state index in [-0.39, 0.29) is 12.5 Å². The monoisotopic (exact) mass is 312 g/mol. The Morgan fingerprint density at radius 2 is 1.78 bits per heavy atom. The zero-order chi connectivity index (χ0) is 16.7. The maximum absolute atomic E-state index is 11.9. The zero-order valence-electron chi connectivity index (χ0n) is 12.5. The standard InChI is InChI=1S/C16H16N4O3/c1-11-4-2-5-12(8-11)15(22)18-10-14(21)19-20-16(23)13-6-3-7-17-9-13/h2-9H,10H2,1H3,(H,18,22)(H,19,21)(H,20,23). The second-order valence-electron chi connectivity index (χ2n) is 4.80. The van der Waals surface area contributed by atoms with E-state index in [0.29, 0.717) is 11.1 Å². The molecule has 0 unspecified atom stereocenters. The summed E-state index contributed by atoms with van der Waals surface area (Å²) in [6.45, 7) is 1.62. The highest BCUT2D eigenvalue weighted by Gasteiger charge is 2.10. The number of nitrogens with zero attached hydrogens (tertiary/aromatic N) is 1. The van der Waals surface area contributed by atoms with Crippen LogP contribution in [0, 0.1) is 6.92 Å². The molecule has 0 spiro atoms. The van der Waals surface area contributed by atoms with Gasteiger partial charge in [0.25, 0.3) is 17.7 Å². The smallest absolute Gasteiger partial charge is 0.271 e. The summed E-state index contributed by atoms with van der Waals surface area (Å²) in [4.78, 5) is 39.0. The van der Waals surface area contributed by atoms with Crippen molar-refractivity contribution in [2.45, 2.75) is 6.92 Å². The average molecular weight is 312 g/mol. The average Bonchev–Trinajstić information content (AvgIpc) is 2.58. The maximum atomic E-state index is 11.9. The molecular formula is C16H16N4O3. The molecule has 0 aliphatic heterocycles. The molecule has 23 heavy (non-hydrogen) atoms. The Morgan fingerprint density at radius 3 is 2.48 bits per heavy atom. The van der Waals surface area contributed by atoms with Crippen molar-refractivity contribution in [2.24, 2.45) is 0 Å². The number of hydrogen-bond acceptors (Lipinski definition) is 4. The molecule has 1 aromatic heterocycles. The van der Waals surface area contributed by atoms with Gasteiger partial charge in [-0.25, -0.2) is 0 Å². The second kappa shape index (κ2) is 7.69. The van der Waals surface area contributed by atoms with Gasteiger partial charge in [-0.15, -0.1) is 0 Å². The van der Waals surface area contributed by atoms with Crippen molar-refractivity contribution in [2.75, 3.05) is 6.54 Å². The lowest BCUT2D eigenvalue weighted by molar-refractivity contribution is -0.120. The molecule has 7 nitrogen and oxygen atoms in total. The van der Waals surface area contributed by atoms with Crippen LogP contribution in [-0.2, 0) is 4.79 Å². The Balaban J connectivity index is 1.77. The molecule has 2 aromatic rings. The number of hydrazine groups is 1. The number of hydrogen-bond donors (Lipinski definition) is 3. The van der Waals surface area contributed by atoms with Crippen LogP contribution in [0.2, 0.25) is 0 Å². The molecule has 0 saturated carbocycles. The van der Waals surface area contributed by atoms with Gasteiger partial charge in [-0.3, -0.25) is 30.2 Å². The van der Waals surface area contributed by atoms with Gasteiger partial charge in [0.05, 0.1) is 12.1 Å². The number of nitrogens with one attached hydrogen (secondary N) is 3. The molecule has 0 radical (unpaired) electrons. The van der Waals surface area contributed by atoms with Gasteiger partial charge in [0.2, 0.25) is 0 Å². The fourth-order valence-electron chi connectivity index (χ4n) is 1.79. The van der Waals surface area contributed by atoms with Gasteiger partial charge in [-0.2, -0.15) is 0 Å². The molecule has 1 aromatic carbocycles. The molecule has 2 rings (SSSR count). The Hall–Kier alpha value is -3.22. The lowest BCUT2D eigenvalue weighted by atomic mass is 10.1. The van der Waals surface area contributed by atoms with Gasteiger partial charge >= 0.3 is 0 Å². The van der Waals surface area contributed by atoms with Gasteiger partial charge < -0.3 is 5.32 Å². The number of benzene rings is 1. The van der Waals surface area contributed by atoms with Crippen LogP contribution in [0.25, 0.3) is 0 Å². The molecule has 0 atom stereocenters. The first-order valence-electron chi connectivity index (χ1n) is 6.90. The van der Waals surface area contributed by atoms with E-state index >= 15 is 0 Å². The first-order chi connectivity index (χ1) is 11.1. The molecule has 1 heterocycles. The summed E-state index contributed by atoms with van der Waals surface area (Å²) in [6.07, 6.45) is 2.91. The number of amides is 3. The molecule has 0 saturated heterocycles. The molecule has 3 amide bonds. The van der Waals surface area contributed by atoms with Crippen LogP contribution in [0.3, 0.4) is 0 Å². The predicted octanol–water partition coefficient (Wildman–Crippen LogP) is 0.581. The van der Waals surface area contributed by atoms with Crippen LogP contribution < -0.4 is 16.2 Å². The van der Waals surface area contributed by atoms with E-state index in [9.17, 15) is 14.4 Å². The van der Waals surface area contributed by atoms with Crippen LogP contribution in [0.5, 0.6) is 0 Å². The van der Waals surface area contributed by atoms with Crippen LogP contribution in [-0.4, -0.2) is 29.3 Å². The third-order valence-corrected chi connectivity index (χ3v) is 2.93. The Morgan fingerprint density at radius 1 is 1.00 bits per heavy atom. The SMILES string of the molecule is Cc1cccc(C(=O)NCC(=O)NNC(=O)c2cccnc2)c1. The summed E-state index contributed by atoms with van der Waals surface area (Å²) in [5.74, 6) is -1.39. The molecule has 118 valence electrons.